The van der Waals surface area contributed by atoms with Crippen molar-refractivity contribution in [3.8, 4) is 0 Å². The lowest BCUT2D eigenvalue weighted by Crippen LogP contribution is -2.39. The molecular formula is C14H15N3OS2. The van der Waals surface area contributed by atoms with Crippen LogP contribution in [0.15, 0.2) is 40.7 Å². The van der Waals surface area contributed by atoms with E-state index < -0.39 is 0 Å². The minimum Gasteiger partial charge on any atom is -0.360 e. The van der Waals surface area contributed by atoms with Gasteiger partial charge in [-0.1, -0.05) is 19.1 Å². The topological polar surface area (TPSA) is 45.2 Å². The fourth-order valence-corrected chi connectivity index (χ4v) is 3.96. The highest BCUT2D eigenvalue weighted by molar-refractivity contribution is 8.00. The Morgan fingerprint density at radius 2 is 2.35 bits per heavy atom. The highest BCUT2D eigenvalue weighted by Crippen LogP contribution is 2.37. The maximum atomic E-state index is 12.1. The predicted octanol–water partition coefficient (Wildman–Crippen LogP) is 3.08. The van der Waals surface area contributed by atoms with Gasteiger partial charge in [-0.15, -0.1) is 23.1 Å². The van der Waals surface area contributed by atoms with E-state index in [1.807, 2.05) is 29.3 Å². The second-order valence-corrected chi connectivity index (χ2v) is 7.04. The number of carbonyl (C=O) groups excluding carboxylic acids is 1. The average Bonchev–Trinajstić information content (AvgIpc) is 2.91. The number of anilines is 2. The lowest BCUT2D eigenvalue weighted by atomic mass is 10.2. The van der Waals surface area contributed by atoms with Gasteiger partial charge in [-0.05, 0) is 12.1 Å². The molecule has 0 saturated heterocycles. The molecule has 3 rings (SSSR count). The third-order valence-corrected chi connectivity index (χ3v) is 4.86. The van der Waals surface area contributed by atoms with Gasteiger partial charge in [-0.25, -0.2) is 4.98 Å². The number of hydrogen-bond donors (Lipinski definition) is 1. The molecule has 1 aromatic carbocycles. The first kappa shape index (κ1) is 13.5. The molecule has 2 heterocycles. The molecule has 1 atom stereocenters. The molecule has 0 unspecified atom stereocenters. The molecule has 6 heteroatoms. The summed E-state index contributed by atoms with van der Waals surface area (Å²) < 4.78 is 0. The van der Waals surface area contributed by atoms with E-state index in [1.165, 1.54) is 16.2 Å². The molecule has 0 fully saturated rings. The third kappa shape index (κ3) is 2.96. The largest absolute Gasteiger partial charge is 0.360 e. The molecule has 2 aromatic rings. The number of aromatic nitrogens is 1. The zero-order chi connectivity index (χ0) is 13.9. The number of nitrogens with one attached hydrogen (secondary N) is 1. The van der Waals surface area contributed by atoms with Gasteiger partial charge in [0.15, 0.2) is 5.13 Å². The Morgan fingerprint density at radius 3 is 3.15 bits per heavy atom. The van der Waals surface area contributed by atoms with Crippen molar-refractivity contribution in [2.45, 2.75) is 17.1 Å². The van der Waals surface area contributed by atoms with Crippen LogP contribution < -0.4 is 10.2 Å². The van der Waals surface area contributed by atoms with E-state index in [9.17, 15) is 4.79 Å². The second kappa shape index (κ2) is 5.85. The number of amides is 1. The van der Waals surface area contributed by atoms with E-state index in [0.29, 0.717) is 16.9 Å². The van der Waals surface area contributed by atoms with Crippen molar-refractivity contribution in [1.82, 2.24) is 4.98 Å². The van der Waals surface area contributed by atoms with Crippen LogP contribution in [-0.4, -0.2) is 29.2 Å². The second-order valence-electron chi connectivity index (χ2n) is 4.66. The Kier molecular flexibility index (Phi) is 3.93. The van der Waals surface area contributed by atoms with E-state index >= 15 is 0 Å². The number of carbonyl (C=O) groups is 1. The fourth-order valence-electron chi connectivity index (χ4n) is 2.25. The summed E-state index contributed by atoms with van der Waals surface area (Å²) in [6, 6.07) is 8.24. The van der Waals surface area contributed by atoms with Crippen LogP contribution in [0.3, 0.4) is 0 Å². The highest BCUT2D eigenvalue weighted by atomic mass is 32.2. The quantitative estimate of drug-likeness (QED) is 0.946. The Balaban J connectivity index is 1.72. The molecule has 0 spiro atoms. The van der Waals surface area contributed by atoms with Crippen LogP contribution in [0.4, 0.5) is 10.8 Å². The normalized spacial score (nSPS) is 17.6. The van der Waals surface area contributed by atoms with E-state index in [1.54, 1.807) is 6.20 Å². The van der Waals surface area contributed by atoms with Crippen molar-refractivity contribution in [2.24, 2.45) is 0 Å². The van der Waals surface area contributed by atoms with Crippen molar-refractivity contribution >= 4 is 39.8 Å². The number of benzene rings is 1. The molecule has 1 aromatic heterocycles. The molecule has 0 bridgehead atoms. The fraction of sp³-hybridized carbons (Fsp3) is 0.286. The molecule has 1 aliphatic heterocycles. The lowest BCUT2D eigenvalue weighted by molar-refractivity contribution is -0.115. The van der Waals surface area contributed by atoms with Crippen LogP contribution in [0.2, 0.25) is 0 Å². The Labute approximate surface area is 126 Å². The maximum Gasteiger partial charge on any atom is 0.245 e. The molecule has 0 aliphatic carbocycles. The highest BCUT2D eigenvalue weighted by Gasteiger charge is 2.23. The van der Waals surface area contributed by atoms with Gasteiger partial charge in [-0.3, -0.25) is 4.79 Å². The SMILES string of the molecule is C[C@@H]1CN(CC(=O)Nc2nccs2)c2ccccc2S1. The van der Waals surface area contributed by atoms with Crippen molar-refractivity contribution in [3.63, 3.8) is 0 Å². The zero-order valence-corrected chi connectivity index (χ0v) is 12.7. The van der Waals surface area contributed by atoms with E-state index in [-0.39, 0.29) is 5.91 Å². The summed E-state index contributed by atoms with van der Waals surface area (Å²) in [7, 11) is 0. The molecule has 1 aliphatic rings. The van der Waals surface area contributed by atoms with E-state index in [2.05, 4.69) is 34.3 Å². The van der Waals surface area contributed by atoms with Crippen molar-refractivity contribution in [3.05, 3.63) is 35.8 Å². The first-order chi connectivity index (χ1) is 9.72. The first-order valence-corrected chi connectivity index (χ1v) is 8.18. The van der Waals surface area contributed by atoms with Crippen molar-refractivity contribution in [2.75, 3.05) is 23.3 Å². The molecular weight excluding hydrogens is 290 g/mol. The summed E-state index contributed by atoms with van der Waals surface area (Å²) in [5.74, 6) is -0.0196. The van der Waals surface area contributed by atoms with Gasteiger partial charge >= 0.3 is 0 Å². The Hall–Kier alpha value is -1.53. The number of rotatable bonds is 3. The predicted molar refractivity (Wildman–Crippen MR) is 84.7 cm³/mol. The van der Waals surface area contributed by atoms with Gasteiger partial charge in [0.05, 0.1) is 12.2 Å². The van der Waals surface area contributed by atoms with Gasteiger partial charge in [-0.2, -0.15) is 0 Å². The van der Waals surface area contributed by atoms with Gasteiger partial charge in [0.1, 0.15) is 0 Å². The average molecular weight is 305 g/mol. The molecule has 20 heavy (non-hydrogen) atoms. The van der Waals surface area contributed by atoms with Gasteiger partial charge in [0, 0.05) is 28.3 Å². The summed E-state index contributed by atoms with van der Waals surface area (Å²) in [6.45, 7) is 3.43. The molecule has 0 saturated carbocycles. The minimum atomic E-state index is -0.0196. The van der Waals surface area contributed by atoms with Crippen LogP contribution in [0.1, 0.15) is 6.92 Å². The maximum absolute atomic E-state index is 12.1. The van der Waals surface area contributed by atoms with Crippen LogP contribution in [0.25, 0.3) is 0 Å². The Morgan fingerprint density at radius 1 is 1.50 bits per heavy atom. The first-order valence-electron chi connectivity index (χ1n) is 6.42. The number of hydrogen-bond acceptors (Lipinski definition) is 5. The summed E-state index contributed by atoms with van der Waals surface area (Å²) in [5.41, 5.74) is 1.14. The van der Waals surface area contributed by atoms with Gasteiger partial charge in [0.2, 0.25) is 5.91 Å². The smallest absolute Gasteiger partial charge is 0.245 e. The zero-order valence-electron chi connectivity index (χ0n) is 11.1. The lowest BCUT2D eigenvalue weighted by Gasteiger charge is -2.33. The van der Waals surface area contributed by atoms with Crippen LogP contribution in [0, 0.1) is 0 Å². The number of thioether (sulfide) groups is 1. The van der Waals surface area contributed by atoms with Gasteiger partial charge < -0.3 is 10.2 Å². The molecule has 1 amide bonds. The monoisotopic (exact) mass is 305 g/mol. The summed E-state index contributed by atoms with van der Waals surface area (Å²) in [6.07, 6.45) is 1.69. The number of fused-ring (bicyclic) bond motifs is 1. The van der Waals surface area contributed by atoms with E-state index in [4.69, 9.17) is 0 Å². The number of para-hydroxylation sites is 1. The number of thiazole rings is 1. The summed E-state index contributed by atoms with van der Waals surface area (Å²) in [5, 5.41) is 5.83. The standard InChI is InChI=1S/C14H15N3OS2/c1-10-8-17(11-4-2-3-5-12(11)20-10)9-13(18)16-14-15-6-7-19-14/h2-7,10H,8-9H2,1H3,(H,15,16,18)/t10-/m1/s1. The molecule has 0 radical (unpaired) electrons. The van der Waals surface area contributed by atoms with Crippen LogP contribution in [-0.2, 0) is 4.79 Å². The summed E-state index contributed by atoms with van der Waals surface area (Å²) >= 11 is 3.30. The molecule has 104 valence electrons. The third-order valence-electron chi connectivity index (χ3n) is 3.02. The van der Waals surface area contributed by atoms with Gasteiger partial charge in [0.25, 0.3) is 0 Å². The number of nitrogens with zero attached hydrogens (tertiary/aromatic N) is 2. The van der Waals surface area contributed by atoms with E-state index in [0.717, 1.165) is 12.2 Å². The molecule has 1 N–H and O–H groups in total. The van der Waals surface area contributed by atoms with Crippen molar-refractivity contribution in [1.29, 1.82) is 0 Å². The van der Waals surface area contributed by atoms with Crippen LogP contribution >= 0.6 is 23.1 Å². The van der Waals surface area contributed by atoms with Crippen LogP contribution in [0.5, 0.6) is 0 Å². The minimum absolute atomic E-state index is 0.0196. The molecule has 4 nitrogen and oxygen atoms in total. The summed E-state index contributed by atoms with van der Waals surface area (Å²) in [4.78, 5) is 19.6. The van der Waals surface area contributed by atoms with Crippen molar-refractivity contribution < 1.29 is 4.79 Å². The Bertz CT molecular complexity index is 600.